The smallest absolute Gasteiger partial charge is 0.385 e. The molecule has 1 aromatic carbocycles. The number of hydrogen-bond acceptors (Lipinski definition) is 5. The summed E-state index contributed by atoms with van der Waals surface area (Å²) in [5.41, 5.74) is -1.96. The second-order valence-electron chi connectivity index (χ2n) is 8.96. The monoisotopic (exact) mass is 531 g/mol. The Labute approximate surface area is 210 Å². The van der Waals surface area contributed by atoms with Gasteiger partial charge in [-0.1, -0.05) is 18.2 Å². The molecule has 0 radical (unpaired) electrons. The van der Waals surface area contributed by atoms with E-state index >= 15 is 0 Å². The molecular formula is C23H26ClF4N5O3. The number of alkyl halides is 3. The molecule has 36 heavy (non-hydrogen) atoms. The normalized spacial score (nSPS) is 19.8. The molecule has 2 aliphatic heterocycles. The van der Waals surface area contributed by atoms with Gasteiger partial charge in [0.05, 0.1) is 23.7 Å². The van der Waals surface area contributed by atoms with Crippen molar-refractivity contribution in [2.24, 2.45) is 4.99 Å². The predicted molar refractivity (Wildman–Crippen MR) is 127 cm³/mol. The van der Waals surface area contributed by atoms with Gasteiger partial charge in [0.25, 0.3) is 5.91 Å². The summed E-state index contributed by atoms with van der Waals surface area (Å²) in [5.74, 6) is -1.80. The molecule has 13 heteroatoms. The summed E-state index contributed by atoms with van der Waals surface area (Å²) < 4.78 is 53.5. The van der Waals surface area contributed by atoms with E-state index in [1.165, 1.54) is 37.9 Å². The Bertz CT molecular complexity index is 1130. The van der Waals surface area contributed by atoms with Gasteiger partial charge < -0.3 is 20.2 Å². The van der Waals surface area contributed by atoms with E-state index in [0.717, 1.165) is 15.9 Å². The van der Waals surface area contributed by atoms with Crippen molar-refractivity contribution in [3.63, 3.8) is 0 Å². The minimum absolute atomic E-state index is 0.145. The first-order valence-electron chi connectivity index (χ1n) is 10.9. The van der Waals surface area contributed by atoms with Gasteiger partial charge >= 0.3 is 12.2 Å². The van der Waals surface area contributed by atoms with Crippen molar-refractivity contribution in [2.75, 3.05) is 38.1 Å². The predicted octanol–water partition coefficient (Wildman–Crippen LogP) is 3.32. The third-order valence-electron chi connectivity index (χ3n) is 5.73. The summed E-state index contributed by atoms with van der Waals surface area (Å²) in [6, 6.07) is 1.47. The number of hydrogen-bond donors (Lipinski definition) is 2. The molecule has 0 spiro atoms. The van der Waals surface area contributed by atoms with Crippen LogP contribution in [-0.2, 0) is 4.79 Å². The lowest BCUT2D eigenvalue weighted by molar-refractivity contribution is -0.121. The highest BCUT2D eigenvalue weighted by molar-refractivity contribution is 6.31. The lowest BCUT2D eigenvalue weighted by Gasteiger charge is -2.40. The Kier molecular flexibility index (Phi) is 7.82. The van der Waals surface area contributed by atoms with Gasteiger partial charge in [-0.05, 0) is 38.1 Å². The number of rotatable bonds is 7. The molecule has 0 saturated carbocycles. The minimum atomic E-state index is -4.79. The molecule has 2 fully saturated rings. The lowest BCUT2D eigenvalue weighted by Crippen LogP contribution is -2.64. The fraction of sp³-hybridized carbons (Fsp3) is 0.435. The van der Waals surface area contributed by atoms with Crippen molar-refractivity contribution in [2.45, 2.75) is 31.7 Å². The van der Waals surface area contributed by atoms with Crippen LogP contribution in [0.1, 0.15) is 13.8 Å². The number of aliphatic imine (C=N–C) groups is 1. The van der Waals surface area contributed by atoms with Crippen molar-refractivity contribution in [1.82, 2.24) is 15.1 Å². The van der Waals surface area contributed by atoms with E-state index < -0.39 is 47.0 Å². The van der Waals surface area contributed by atoms with E-state index in [4.69, 9.17) is 11.6 Å². The van der Waals surface area contributed by atoms with Crippen LogP contribution in [0.25, 0.3) is 0 Å². The topological polar surface area (TPSA) is 88.5 Å². The number of benzene rings is 1. The SMILES string of the molecule is C=C(/C=C(\N=C(C)C)N1C(=O)N(CC2(O)CNC2)C[C@H]1C(=O)N(C)c1ccc(F)c(Cl)c1)C(F)(F)F. The van der Waals surface area contributed by atoms with Crippen LogP contribution in [0.3, 0.4) is 0 Å². The molecule has 0 unspecified atom stereocenters. The molecule has 1 atom stereocenters. The van der Waals surface area contributed by atoms with Gasteiger partial charge in [0, 0.05) is 31.5 Å². The van der Waals surface area contributed by atoms with Crippen molar-refractivity contribution in [3.05, 3.63) is 53.1 Å². The van der Waals surface area contributed by atoms with Crippen molar-refractivity contribution in [1.29, 1.82) is 0 Å². The van der Waals surface area contributed by atoms with Crippen molar-refractivity contribution in [3.8, 4) is 0 Å². The molecule has 1 aromatic rings. The first kappa shape index (κ1) is 27.6. The molecule has 3 amide bonds. The highest BCUT2D eigenvalue weighted by atomic mass is 35.5. The largest absolute Gasteiger partial charge is 0.415 e. The van der Waals surface area contributed by atoms with Gasteiger partial charge in [-0.3, -0.25) is 9.69 Å². The van der Waals surface area contributed by atoms with Crippen LogP contribution in [-0.4, -0.2) is 83.6 Å². The zero-order valence-electron chi connectivity index (χ0n) is 19.9. The standard InChI is InChI=1S/C23H26ClF4N5O3/c1-13(2)30-19(7-14(3)23(26,27)28)33-18(9-32(21(33)35)12-22(36)10-29-11-22)20(34)31(4)15-5-6-17(25)16(24)8-15/h5-8,18,29,36H,3,9-12H2,1-2,4H3/b19-7+/t18-/m0/s1. The number of carbonyl (C=O) groups is 2. The Morgan fingerprint density at radius 3 is 2.53 bits per heavy atom. The number of carbonyl (C=O) groups excluding carboxylic acids is 2. The van der Waals surface area contributed by atoms with Crippen molar-refractivity contribution < 1.29 is 32.3 Å². The molecule has 8 nitrogen and oxygen atoms in total. The van der Waals surface area contributed by atoms with Gasteiger partial charge in [-0.15, -0.1) is 0 Å². The van der Waals surface area contributed by atoms with Crippen LogP contribution < -0.4 is 10.2 Å². The van der Waals surface area contributed by atoms with Gasteiger partial charge in [-0.2, -0.15) is 13.2 Å². The number of anilines is 1. The number of urea groups is 1. The molecule has 3 rings (SSSR count). The minimum Gasteiger partial charge on any atom is -0.385 e. The number of halogens is 5. The molecule has 196 valence electrons. The summed E-state index contributed by atoms with van der Waals surface area (Å²) in [5, 5.41) is 13.2. The average Bonchev–Trinajstić information content (AvgIpc) is 3.07. The molecule has 0 aliphatic carbocycles. The van der Waals surface area contributed by atoms with E-state index in [1.54, 1.807) is 0 Å². The second-order valence-corrected chi connectivity index (χ2v) is 9.36. The third kappa shape index (κ3) is 5.88. The number of likely N-dealkylation sites (N-methyl/N-ethyl adjacent to an activating group) is 1. The van der Waals surface area contributed by atoms with Crippen LogP contribution in [0.2, 0.25) is 5.02 Å². The number of β-amino-alcohol motifs (C(OH)–C–C–N with tert-alkyl or cyclic N) is 1. The Hall–Kier alpha value is -2.96. The number of nitrogens with one attached hydrogen (secondary N) is 1. The zero-order valence-corrected chi connectivity index (χ0v) is 20.6. The van der Waals surface area contributed by atoms with Crippen LogP contribution >= 0.6 is 11.6 Å². The summed E-state index contributed by atoms with van der Waals surface area (Å²) in [6.45, 7) is 6.12. The summed E-state index contributed by atoms with van der Waals surface area (Å²) in [7, 11) is 1.37. The number of amides is 3. The van der Waals surface area contributed by atoms with Gasteiger partial charge in [0.2, 0.25) is 0 Å². The third-order valence-corrected chi connectivity index (χ3v) is 6.02. The fourth-order valence-corrected chi connectivity index (χ4v) is 3.95. The Balaban J connectivity index is 2.04. The summed E-state index contributed by atoms with van der Waals surface area (Å²) in [4.78, 5) is 34.2. The second kappa shape index (κ2) is 10.2. The van der Waals surface area contributed by atoms with Crippen LogP contribution in [0.4, 0.5) is 28.0 Å². The number of aliphatic hydroxyl groups is 1. The van der Waals surface area contributed by atoms with Crippen LogP contribution in [0.15, 0.2) is 47.2 Å². The van der Waals surface area contributed by atoms with E-state index in [0.29, 0.717) is 11.8 Å². The Morgan fingerprint density at radius 2 is 2.03 bits per heavy atom. The van der Waals surface area contributed by atoms with Crippen LogP contribution in [0.5, 0.6) is 0 Å². The van der Waals surface area contributed by atoms with E-state index in [9.17, 15) is 32.3 Å². The maximum Gasteiger partial charge on any atom is 0.415 e. The Morgan fingerprint density at radius 1 is 1.39 bits per heavy atom. The van der Waals surface area contributed by atoms with Gasteiger partial charge in [-0.25, -0.2) is 14.2 Å². The molecule has 2 aliphatic rings. The van der Waals surface area contributed by atoms with E-state index in [2.05, 4.69) is 16.9 Å². The lowest BCUT2D eigenvalue weighted by atomic mass is 9.97. The fourth-order valence-electron chi connectivity index (χ4n) is 3.78. The molecule has 2 heterocycles. The molecular weight excluding hydrogens is 506 g/mol. The quantitative estimate of drug-likeness (QED) is 0.321. The molecule has 0 bridgehead atoms. The molecule has 2 N–H and O–H groups in total. The first-order chi connectivity index (χ1) is 16.6. The number of allylic oxidation sites excluding steroid dienone is 2. The van der Waals surface area contributed by atoms with Gasteiger partial charge in [0.1, 0.15) is 23.3 Å². The maximum atomic E-state index is 13.6. The highest BCUT2D eigenvalue weighted by Crippen LogP contribution is 2.32. The maximum absolute atomic E-state index is 13.6. The number of nitrogens with zero attached hydrogens (tertiary/aromatic N) is 4. The summed E-state index contributed by atoms with van der Waals surface area (Å²) in [6.07, 6.45) is -4.19. The van der Waals surface area contributed by atoms with Crippen LogP contribution in [0, 0.1) is 5.82 Å². The highest BCUT2D eigenvalue weighted by Gasteiger charge is 2.48. The molecule has 0 aromatic heterocycles. The van der Waals surface area contributed by atoms with E-state index in [-0.39, 0.29) is 36.9 Å². The molecule has 2 saturated heterocycles. The van der Waals surface area contributed by atoms with Gasteiger partial charge in [0.15, 0.2) is 0 Å². The summed E-state index contributed by atoms with van der Waals surface area (Å²) >= 11 is 5.84. The zero-order chi connectivity index (χ0) is 27.0. The van der Waals surface area contributed by atoms with Crippen molar-refractivity contribution >= 4 is 34.9 Å². The average molecular weight is 532 g/mol. The first-order valence-corrected chi connectivity index (χ1v) is 11.2. The van der Waals surface area contributed by atoms with E-state index in [1.807, 2.05) is 0 Å².